The molecule has 2 N–H and O–H groups in total. The van der Waals surface area contributed by atoms with Crippen molar-refractivity contribution in [1.29, 1.82) is 0 Å². The largest absolute Gasteiger partial charge is 0.338 e. The highest BCUT2D eigenvalue weighted by Gasteiger charge is 2.38. The van der Waals surface area contributed by atoms with E-state index in [1.807, 2.05) is 17.0 Å². The number of hydrogen-bond acceptors (Lipinski definition) is 5. The zero-order valence-electron chi connectivity index (χ0n) is 14.0. The third-order valence-electron chi connectivity index (χ3n) is 5.05. The fourth-order valence-corrected chi connectivity index (χ4v) is 5.00. The maximum Gasteiger partial charge on any atom is 0.263 e. The van der Waals surface area contributed by atoms with Crippen LogP contribution in [0.2, 0.25) is 0 Å². The van der Waals surface area contributed by atoms with E-state index in [1.165, 1.54) is 17.8 Å². The van der Waals surface area contributed by atoms with Crippen molar-refractivity contribution in [3.05, 3.63) is 21.9 Å². The number of carbonyl (C=O) groups excluding carboxylic acids is 1. The number of amides is 1. The van der Waals surface area contributed by atoms with Gasteiger partial charge in [0.1, 0.15) is 0 Å². The van der Waals surface area contributed by atoms with Gasteiger partial charge in [0.15, 0.2) is 0 Å². The summed E-state index contributed by atoms with van der Waals surface area (Å²) in [6.07, 6.45) is 5.16. The lowest BCUT2D eigenvalue weighted by Gasteiger charge is -2.38. The summed E-state index contributed by atoms with van der Waals surface area (Å²) in [5.41, 5.74) is 0.411. The number of nitrogens with one attached hydrogen (secondary N) is 2. The van der Waals surface area contributed by atoms with Crippen molar-refractivity contribution < 1.29 is 13.2 Å². The molecule has 2 saturated heterocycles. The van der Waals surface area contributed by atoms with E-state index in [2.05, 4.69) is 10.0 Å². The summed E-state index contributed by atoms with van der Waals surface area (Å²) in [6.45, 7) is 4.23. The predicted molar refractivity (Wildman–Crippen MR) is 95.9 cm³/mol. The smallest absolute Gasteiger partial charge is 0.263 e. The summed E-state index contributed by atoms with van der Waals surface area (Å²) in [6, 6.07) is 3.79. The van der Waals surface area contributed by atoms with E-state index < -0.39 is 10.0 Å². The van der Waals surface area contributed by atoms with Gasteiger partial charge in [0.2, 0.25) is 10.0 Å². The van der Waals surface area contributed by atoms with Gasteiger partial charge in [-0.3, -0.25) is 4.79 Å². The third-order valence-corrected chi connectivity index (χ3v) is 6.91. The Morgan fingerprint density at radius 3 is 2.71 bits per heavy atom. The second kappa shape index (κ2) is 7.11. The molecular formula is C16H25N3O3S2. The lowest BCUT2D eigenvalue weighted by molar-refractivity contribution is 0.0612. The zero-order chi connectivity index (χ0) is 17.2. The van der Waals surface area contributed by atoms with Gasteiger partial charge in [0, 0.05) is 31.1 Å². The predicted octanol–water partition coefficient (Wildman–Crippen LogP) is 1.06. The topological polar surface area (TPSA) is 78.5 Å². The molecule has 0 saturated carbocycles. The molecule has 1 amide bonds. The molecule has 0 atom stereocenters. The normalized spacial score (nSPS) is 20.6. The van der Waals surface area contributed by atoms with Gasteiger partial charge in [-0.25, -0.2) is 13.1 Å². The minimum Gasteiger partial charge on any atom is -0.338 e. The Labute approximate surface area is 147 Å². The van der Waals surface area contributed by atoms with Gasteiger partial charge in [-0.05, 0) is 49.8 Å². The number of nitrogens with zero attached hydrogens (tertiary/aromatic N) is 1. The number of rotatable bonds is 5. The Bertz CT molecular complexity index is 683. The molecule has 3 rings (SSSR count). The van der Waals surface area contributed by atoms with Gasteiger partial charge in [0.25, 0.3) is 5.91 Å². The summed E-state index contributed by atoms with van der Waals surface area (Å²) in [4.78, 5) is 16.4. The van der Waals surface area contributed by atoms with Crippen LogP contribution in [0.25, 0.3) is 0 Å². The Kier molecular flexibility index (Phi) is 5.29. The molecule has 24 heavy (non-hydrogen) atoms. The first-order chi connectivity index (χ1) is 11.4. The molecule has 2 aliphatic rings. The standard InChI is InChI=1S/C16H25N3O3S2/c1-24(21,22)18-8-4-13-2-3-14(23-13)15(20)19-10-6-16(7-11-19)5-9-17-12-16/h2-3,17-18H,4-12H2,1H3. The second-order valence-electron chi connectivity index (χ2n) is 6.90. The molecule has 6 nitrogen and oxygen atoms in total. The zero-order valence-corrected chi connectivity index (χ0v) is 15.6. The van der Waals surface area contributed by atoms with E-state index in [9.17, 15) is 13.2 Å². The van der Waals surface area contributed by atoms with Crippen LogP contribution in [0.3, 0.4) is 0 Å². The number of carbonyl (C=O) groups is 1. The first-order valence-electron chi connectivity index (χ1n) is 8.40. The highest BCUT2D eigenvalue weighted by Crippen LogP contribution is 2.37. The molecule has 134 valence electrons. The number of hydrogen-bond donors (Lipinski definition) is 2. The summed E-state index contributed by atoms with van der Waals surface area (Å²) in [5, 5.41) is 3.44. The maximum atomic E-state index is 12.7. The summed E-state index contributed by atoms with van der Waals surface area (Å²) in [7, 11) is -3.16. The quantitative estimate of drug-likeness (QED) is 0.811. The molecule has 2 aliphatic heterocycles. The van der Waals surface area contributed by atoms with Gasteiger partial charge >= 0.3 is 0 Å². The van der Waals surface area contributed by atoms with E-state index in [1.54, 1.807) is 0 Å². The molecular weight excluding hydrogens is 346 g/mol. The highest BCUT2D eigenvalue weighted by atomic mass is 32.2. The van der Waals surface area contributed by atoms with Crippen LogP contribution in [0.1, 0.15) is 33.8 Å². The van der Waals surface area contributed by atoms with Crippen LogP contribution >= 0.6 is 11.3 Å². The summed E-state index contributed by atoms with van der Waals surface area (Å²) >= 11 is 1.47. The average molecular weight is 372 g/mol. The maximum absolute atomic E-state index is 12.7. The van der Waals surface area contributed by atoms with Gasteiger partial charge < -0.3 is 10.2 Å². The van der Waals surface area contributed by atoms with E-state index >= 15 is 0 Å². The SMILES string of the molecule is CS(=O)(=O)NCCc1ccc(C(=O)N2CCC3(CCNC3)CC2)s1. The lowest BCUT2D eigenvalue weighted by Crippen LogP contribution is -2.43. The molecule has 1 aromatic rings. The molecule has 2 fully saturated rings. The molecule has 0 unspecified atom stereocenters. The van der Waals surface area contributed by atoms with Gasteiger partial charge in [-0.1, -0.05) is 0 Å². The molecule has 8 heteroatoms. The fraction of sp³-hybridized carbons (Fsp3) is 0.688. The van der Waals surface area contributed by atoms with Gasteiger partial charge in [-0.15, -0.1) is 11.3 Å². The summed E-state index contributed by atoms with van der Waals surface area (Å²) in [5.74, 6) is 0.114. The van der Waals surface area contributed by atoms with E-state index in [-0.39, 0.29) is 5.91 Å². The Morgan fingerprint density at radius 2 is 2.08 bits per heavy atom. The van der Waals surface area contributed by atoms with Gasteiger partial charge in [-0.2, -0.15) is 0 Å². The first kappa shape index (κ1) is 17.8. The molecule has 1 aromatic heterocycles. The van der Waals surface area contributed by atoms with Crippen LogP contribution < -0.4 is 10.0 Å². The monoisotopic (exact) mass is 371 g/mol. The Hall–Kier alpha value is -0.960. The third kappa shape index (κ3) is 4.36. The molecule has 3 heterocycles. The van der Waals surface area contributed by atoms with Crippen LogP contribution in [0, 0.1) is 5.41 Å². The molecule has 0 aromatic carbocycles. The second-order valence-corrected chi connectivity index (χ2v) is 9.90. The van der Waals surface area contributed by atoms with Crippen molar-refractivity contribution in [3.63, 3.8) is 0 Å². The number of piperidine rings is 1. The van der Waals surface area contributed by atoms with E-state index in [4.69, 9.17) is 0 Å². The average Bonchev–Trinajstić information content (AvgIpc) is 3.16. The van der Waals surface area contributed by atoms with Crippen LogP contribution in [0.4, 0.5) is 0 Å². The number of sulfonamides is 1. The molecule has 0 aliphatic carbocycles. The van der Waals surface area contributed by atoms with Gasteiger partial charge in [0.05, 0.1) is 11.1 Å². The first-order valence-corrected chi connectivity index (χ1v) is 11.1. The van der Waals surface area contributed by atoms with Crippen LogP contribution in [-0.4, -0.2) is 58.2 Å². The number of thiophene rings is 1. The van der Waals surface area contributed by atoms with Crippen LogP contribution in [-0.2, 0) is 16.4 Å². The van der Waals surface area contributed by atoms with Crippen molar-refractivity contribution in [2.45, 2.75) is 25.7 Å². The fourth-order valence-electron chi connectivity index (χ4n) is 3.55. The van der Waals surface area contributed by atoms with Crippen molar-refractivity contribution >= 4 is 27.3 Å². The van der Waals surface area contributed by atoms with E-state index in [0.29, 0.717) is 18.4 Å². The Balaban J connectivity index is 1.52. The molecule has 0 bridgehead atoms. The van der Waals surface area contributed by atoms with Crippen molar-refractivity contribution in [2.24, 2.45) is 5.41 Å². The highest BCUT2D eigenvalue weighted by molar-refractivity contribution is 7.88. The van der Waals surface area contributed by atoms with Crippen molar-refractivity contribution in [3.8, 4) is 0 Å². The lowest BCUT2D eigenvalue weighted by atomic mass is 9.78. The number of likely N-dealkylation sites (tertiary alicyclic amines) is 1. The minimum absolute atomic E-state index is 0.114. The van der Waals surface area contributed by atoms with Crippen LogP contribution in [0.15, 0.2) is 12.1 Å². The Morgan fingerprint density at radius 1 is 1.33 bits per heavy atom. The minimum atomic E-state index is -3.16. The molecule has 1 spiro atoms. The van der Waals surface area contributed by atoms with Crippen molar-refractivity contribution in [1.82, 2.24) is 14.9 Å². The molecule has 0 radical (unpaired) electrons. The van der Waals surface area contributed by atoms with E-state index in [0.717, 1.165) is 55.0 Å². The van der Waals surface area contributed by atoms with Crippen molar-refractivity contribution in [2.75, 3.05) is 39.0 Å². The summed E-state index contributed by atoms with van der Waals surface area (Å²) < 4.78 is 24.6. The van der Waals surface area contributed by atoms with Crippen LogP contribution in [0.5, 0.6) is 0 Å².